The van der Waals surface area contributed by atoms with E-state index in [0.29, 0.717) is 6.61 Å². The zero-order valence-corrected chi connectivity index (χ0v) is 12.9. The van der Waals surface area contributed by atoms with Gasteiger partial charge in [-0.3, -0.25) is 0 Å². The van der Waals surface area contributed by atoms with Crippen molar-refractivity contribution in [3.8, 4) is 0 Å². The second-order valence-corrected chi connectivity index (χ2v) is 6.75. The molecule has 0 saturated heterocycles. The van der Waals surface area contributed by atoms with E-state index >= 15 is 0 Å². The SMILES string of the molecule is CCCCCCCCCOC(=O)[I-]CCC. The number of carbonyl (C=O) groups excluding carboxylic acids is 1. The molecule has 0 N–H and O–H groups in total. The summed E-state index contributed by atoms with van der Waals surface area (Å²) in [7, 11) is 0. The van der Waals surface area contributed by atoms with Crippen LogP contribution in [0.5, 0.6) is 0 Å². The average molecular weight is 341 g/mol. The van der Waals surface area contributed by atoms with Gasteiger partial charge in [0, 0.05) is 0 Å². The number of hydrogen-bond acceptors (Lipinski definition) is 2. The van der Waals surface area contributed by atoms with Gasteiger partial charge in [-0.1, -0.05) is 0 Å². The van der Waals surface area contributed by atoms with Gasteiger partial charge in [-0.15, -0.1) is 0 Å². The molecule has 0 aliphatic carbocycles. The van der Waals surface area contributed by atoms with Crippen LogP contribution < -0.4 is 21.2 Å². The van der Waals surface area contributed by atoms with Gasteiger partial charge in [-0.25, -0.2) is 0 Å². The van der Waals surface area contributed by atoms with Gasteiger partial charge in [0.2, 0.25) is 0 Å². The van der Waals surface area contributed by atoms with Gasteiger partial charge in [0.15, 0.2) is 0 Å². The fourth-order valence-corrected chi connectivity index (χ4v) is 2.84. The van der Waals surface area contributed by atoms with E-state index in [2.05, 4.69) is 13.8 Å². The molecule has 2 nitrogen and oxygen atoms in total. The van der Waals surface area contributed by atoms with E-state index in [9.17, 15) is 4.79 Å². The first kappa shape index (κ1) is 16.2. The number of alkyl halides is 1. The predicted molar refractivity (Wildman–Crippen MR) is 64.5 cm³/mol. The van der Waals surface area contributed by atoms with E-state index < -0.39 is 0 Å². The van der Waals surface area contributed by atoms with E-state index in [0.717, 1.165) is 17.3 Å². The number of rotatable bonds is 11. The van der Waals surface area contributed by atoms with Crippen molar-refractivity contribution in [2.75, 3.05) is 11.0 Å². The first-order valence-corrected chi connectivity index (χ1v) is 9.17. The number of ether oxygens (including phenoxy) is 1. The molecule has 0 aromatic rings. The summed E-state index contributed by atoms with van der Waals surface area (Å²) in [6.07, 6.45) is 10.0. The number of carbonyl (C=O) groups is 1. The molecular weight excluding hydrogens is 315 g/mol. The summed E-state index contributed by atoms with van der Waals surface area (Å²) < 4.78 is 6.34. The van der Waals surface area contributed by atoms with Gasteiger partial charge in [0.1, 0.15) is 0 Å². The molecule has 0 atom stereocenters. The third-order valence-corrected chi connectivity index (χ3v) is 4.91. The van der Waals surface area contributed by atoms with E-state index in [1.54, 1.807) is 0 Å². The Morgan fingerprint density at radius 2 is 1.56 bits per heavy atom. The van der Waals surface area contributed by atoms with Gasteiger partial charge >= 0.3 is 111 Å². The van der Waals surface area contributed by atoms with Gasteiger partial charge in [0.05, 0.1) is 0 Å². The molecule has 0 fully saturated rings. The van der Waals surface area contributed by atoms with Crippen molar-refractivity contribution < 1.29 is 30.7 Å². The molecule has 3 heteroatoms. The van der Waals surface area contributed by atoms with Crippen molar-refractivity contribution in [2.45, 2.75) is 65.2 Å². The summed E-state index contributed by atoms with van der Waals surface area (Å²) in [4.78, 5) is 11.2. The van der Waals surface area contributed by atoms with E-state index in [1.165, 1.54) is 38.5 Å². The van der Waals surface area contributed by atoms with Crippen LogP contribution in [0.4, 0.5) is 4.79 Å². The fourth-order valence-electron chi connectivity index (χ4n) is 1.42. The molecule has 0 aromatic carbocycles. The van der Waals surface area contributed by atoms with Crippen LogP contribution in [0.15, 0.2) is 0 Å². The molecule has 0 bridgehead atoms. The Hall–Kier alpha value is 0.200. The monoisotopic (exact) mass is 341 g/mol. The normalized spacial score (nSPS) is 10.6. The van der Waals surface area contributed by atoms with E-state index in [1.807, 2.05) is 0 Å². The molecule has 0 rings (SSSR count). The molecule has 0 spiro atoms. The molecular formula is C13H26IO2-. The maximum atomic E-state index is 11.2. The molecule has 0 aromatic heterocycles. The van der Waals surface area contributed by atoms with Crippen LogP contribution in [0.25, 0.3) is 0 Å². The predicted octanol–water partition coefficient (Wildman–Crippen LogP) is 1.37. The van der Waals surface area contributed by atoms with Crippen LogP contribution in [0.1, 0.15) is 65.2 Å². The second kappa shape index (κ2) is 13.3. The maximum absolute atomic E-state index is 11.2. The summed E-state index contributed by atoms with van der Waals surface area (Å²) in [6.45, 7) is 5.00. The molecule has 0 heterocycles. The number of hydrogen-bond donors (Lipinski definition) is 0. The second-order valence-electron chi connectivity index (χ2n) is 4.03. The third-order valence-electron chi connectivity index (χ3n) is 2.36. The van der Waals surface area contributed by atoms with Crippen molar-refractivity contribution in [1.29, 1.82) is 0 Å². The van der Waals surface area contributed by atoms with Crippen molar-refractivity contribution in [3.05, 3.63) is 0 Å². The Kier molecular flexibility index (Phi) is 13.4. The van der Waals surface area contributed by atoms with Crippen molar-refractivity contribution in [2.24, 2.45) is 0 Å². The van der Waals surface area contributed by atoms with Gasteiger partial charge in [-0.2, -0.15) is 0 Å². The summed E-state index contributed by atoms with van der Waals surface area (Å²) >= 11 is -0.334. The summed E-state index contributed by atoms with van der Waals surface area (Å²) in [5.74, 6) is 0. The van der Waals surface area contributed by atoms with Crippen LogP contribution in [0, 0.1) is 0 Å². The molecule has 0 aliphatic heterocycles. The molecule has 0 amide bonds. The Morgan fingerprint density at radius 3 is 2.19 bits per heavy atom. The first-order chi connectivity index (χ1) is 7.81. The minimum atomic E-state index is -0.334. The fraction of sp³-hybridized carbons (Fsp3) is 0.923. The molecule has 0 radical (unpaired) electrons. The zero-order valence-electron chi connectivity index (χ0n) is 10.8. The van der Waals surface area contributed by atoms with Crippen LogP contribution in [0.2, 0.25) is 0 Å². The van der Waals surface area contributed by atoms with E-state index in [4.69, 9.17) is 4.74 Å². The minimum absolute atomic E-state index is 0.0895. The Bertz CT molecular complexity index is 160. The van der Waals surface area contributed by atoms with Gasteiger partial charge < -0.3 is 0 Å². The van der Waals surface area contributed by atoms with Crippen molar-refractivity contribution >= 4 is 3.98 Å². The van der Waals surface area contributed by atoms with E-state index in [-0.39, 0.29) is 25.2 Å². The Labute approximate surface area is 111 Å². The quantitative estimate of drug-likeness (QED) is 0.246. The Morgan fingerprint density at radius 1 is 0.938 bits per heavy atom. The summed E-state index contributed by atoms with van der Waals surface area (Å²) in [5, 5.41) is 0. The van der Waals surface area contributed by atoms with Crippen molar-refractivity contribution in [3.63, 3.8) is 0 Å². The topological polar surface area (TPSA) is 26.3 Å². The molecule has 0 unspecified atom stereocenters. The molecule has 98 valence electrons. The molecule has 16 heavy (non-hydrogen) atoms. The van der Waals surface area contributed by atoms with Crippen LogP contribution in [-0.4, -0.2) is 15.0 Å². The molecule has 0 saturated carbocycles. The van der Waals surface area contributed by atoms with Crippen LogP contribution in [-0.2, 0) is 4.74 Å². The third kappa shape index (κ3) is 12.3. The zero-order chi connectivity index (χ0) is 12.1. The summed E-state index contributed by atoms with van der Waals surface area (Å²) in [6, 6.07) is 0. The first-order valence-electron chi connectivity index (χ1n) is 6.57. The Balaban J connectivity index is 3.05. The van der Waals surface area contributed by atoms with Crippen LogP contribution >= 0.6 is 0 Å². The summed E-state index contributed by atoms with van der Waals surface area (Å²) in [5.41, 5.74) is 0. The van der Waals surface area contributed by atoms with Gasteiger partial charge in [-0.05, 0) is 0 Å². The average Bonchev–Trinajstić information content (AvgIpc) is 2.30. The number of halogens is 1. The molecule has 0 aliphatic rings. The number of unbranched alkanes of at least 4 members (excludes halogenated alkanes) is 6. The van der Waals surface area contributed by atoms with Gasteiger partial charge in [0.25, 0.3) is 0 Å². The standard InChI is InChI=1S/C13H26IO2/c1-3-5-6-7-8-9-10-12-16-13(15)14-11-4-2/h3-12H2,1-2H3/q-1. The van der Waals surface area contributed by atoms with Crippen molar-refractivity contribution in [1.82, 2.24) is 0 Å². The van der Waals surface area contributed by atoms with Crippen LogP contribution in [0.3, 0.4) is 0 Å².